The second kappa shape index (κ2) is 4.95. The third-order valence-electron chi connectivity index (χ3n) is 2.44. The molecule has 1 aliphatic heterocycles. The Morgan fingerprint density at radius 2 is 1.86 bits per heavy atom. The zero-order valence-electron chi connectivity index (χ0n) is 8.24. The van der Waals surface area contributed by atoms with E-state index in [0.29, 0.717) is 6.42 Å². The van der Waals surface area contributed by atoms with Crippen LogP contribution in [-0.2, 0) is 9.59 Å². The van der Waals surface area contributed by atoms with Crippen molar-refractivity contribution in [2.24, 2.45) is 11.5 Å². The molecule has 1 heterocycles. The van der Waals surface area contributed by atoms with Gasteiger partial charge in [0.25, 0.3) is 0 Å². The Morgan fingerprint density at radius 3 is 2.36 bits per heavy atom. The van der Waals surface area contributed by atoms with Crippen molar-refractivity contribution >= 4 is 11.8 Å². The van der Waals surface area contributed by atoms with Crippen LogP contribution in [0.4, 0.5) is 0 Å². The van der Waals surface area contributed by atoms with E-state index in [4.69, 9.17) is 11.5 Å². The van der Waals surface area contributed by atoms with Gasteiger partial charge in [0.05, 0.1) is 6.04 Å². The first-order valence-corrected chi connectivity index (χ1v) is 4.94. The maximum Gasteiger partial charge on any atom is 0.239 e. The summed E-state index contributed by atoms with van der Waals surface area (Å²) in [5.41, 5.74) is 10.6. The minimum atomic E-state index is -0.569. The molecule has 2 amide bonds. The van der Waals surface area contributed by atoms with Gasteiger partial charge in [-0.25, -0.2) is 0 Å². The lowest BCUT2D eigenvalue weighted by atomic mass is 10.1. The highest BCUT2D eigenvalue weighted by molar-refractivity contribution is 5.83. The molecule has 0 radical (unpaired) electrons. The summed E-state index contributed by atoms with van der Waals surface area (Å²) < 4.78 is 0. The molecule has 0 bridgehead atoms. The Hall–Kier alpha value is -1.10. The summed E-state index contributed by atoms with van der Waals surface area (Å²) in [6, 6.07) is -0.569. The number of likely N-dealkylation sites (tertiary alicyclic amines) is 1. The summed E-state index contributed by atoms with van der Waals surface area (Å²) in [6.07, 6.45) is 2.63. The van der Waals surface area contributed by atoms with Crippen molar-refractivity contribution in [3.63, 3.8) is 0 Å². The lowest BCUT2D eigenvalue weighted by molar-refractivity contribution is -0.131. The largest absolute Gasteiger partial charge is 0.370 e. The Kier molecular flexibility index (Phi) is 3.88. The summed E-state index contributed by atoms with van der Waals surface area (Å²) in [5, 5.41) is 0. The Bertz CT molecular complexity index is 224. The van der Waals surface area contributed by atoms with Crippen molar-refractivity contribution in [2.45, 2.75) is 31.7 Å². The van der Waals surface area contributed by atoms with Gasteiger partial charge in [-0.1, -0.05) is 0 Å². The summed E-state index contributed by atoms with van der Waals surface area (Å²) in [4.78, 5) is 23.9. The van der Waals surface area contributed by atoms with Crippen LogP contribution in [0.3, 0.4) is 0 Å². The fourth-order valence-corrected chi connectivity index (χ4v) is 1.59. The molecule has 80 valence electrons. The van der Waals surface area contributed by atoms with E-state index in [1.54, 1.807) is 4.90 Å². The second-order valence-corrected chi connectivity index (χ2v) is 3.64. The predicted octanol–water partition coefficient (Wildman–Crippen LogP) is -0.798. The molecule has 1 fully saturated rings. The van der Waals surface area contributed by atoms with E-state index in [1.165, 1.54) is 0 Å². The first kappa shape index (κ1) is 11.0. The normalized spacial score (nSPS) is 18.2. The Labute approximate surface area is 83.4 Å². The molecule has 0 aliphatic carbocycles. The van der Waals surface area contributed by atoms with E-state index in [1.807, 2.05) is 0 Å². The lowest BCUT2D eigenvalue weighted by Gasteiger charge is -2.19. The highest BCUT2D eigenvalue weighted by atomic mass is 16.2. The number of amides is 2. The highest BCUT2D eigenvalue weighted by Crippen LogP contribution is 2.10. The topological polar surface area (TPSA) is 89.4 Å². The van der Waals surface area contributed by atoms with Crippen LogP contribution >= 0.6 is 0 Å². The van der Waals surface area contributed by atoms with Crippen LogP contribution in [0.15, 0.2) is 0 Å². The molecule has 0 aromatic rings. The highest BCUT2D eigenvalue weighted by Gasteiger charge is 2.23. The van der Waals surface area contributed by atoms with Crippen molar-refractivity contribution in [3.8, 4) is 0 Å². The number of primary amides is 1. The van der Waals surface area contributed by atoms with Gasteiger partial charge in [0, 0.05) is 19.5 Å². The number of nitrogens with two attached hydrogens (primary N) is 2. The molecule has 0 spiro atoms. The monoisotopic (exact) mass is 199 g/mol. The van der Waals surface area contributed by atoms with Gasteiger partial charge in [0.1, 0.15) is 0 Å². The zero-order valence-corrected chi connectivity index (χ0v) is 8.24. The smallest absolute Gasteiger partial charge is 0.239 e. The van der Waals surface area contributed by atoms with Crippen LogP contribution in [0, 0.1) is 0 Å². The van der Waals surface area contributed by atoms with Crippen LogP contribution in [0.5, 0.6) is 0 Å². The predicted molar refractivity (Wildman–Crippen MR) is 52.2 cm³/mol. The van der Waals surface area contributed by atoms with E-state index < -0.39 is 11.9 Å². The van der Waals surface area contributed by atoms with Crippen LogP contribution in [0.1, 0.15) is 25.7 Å². The second-order valence-electron chi connectivity index (χ2n) is 3.64. The van der Waals surface area contributed by atoms with Gasteiger partial charge in [-0.3, -0.25) is 9.59 Å². The van der Waals surface area contributed by atoms with E-state index in [2.05, 4.69) is 0 Å². The summed E-state index contributed by atoms with van der Waals surface area (Å²) in [7, 11) is 0. The lowest BCUT2D eigenvalue weighted by Crippen LogP contribution is -2.42. The number of carbonyl (C=O) groups is 2. The quantitative estimate of drug-likeness (QED) is 0.621. The van der Waals surface area contributed by atoms with Crippen LogP contribution in [-0.4, -0.2) is 35.8 Å². The number of carbonyl (C=O) groups excluding carboxylic acids is 2. The van der Waals surface area contributed by atoms with E-state index in [-0.39, 0.29) is 12.3 Å². The standard InChI is InChI=1S/C9H17N3O2/c10-7(3-4-8(11)13)9(14)12-5-1-2-6-12/h7H,1-6,10H2,(H2,11,13)/t7-/m1/s1. The number of rotatable bonds is 4. The fourth-order valence-electron chi connectivity index (χ4n) is 1.59. The molecule has 1 aliphatic rings. The fraction of sp³-hybridized carbons (Fsp3) is 0.778. The van der Waals surface area contributed by atoms with Crippen molar-refractivity contribution in [1.29, 1.82) is 0 Å². The zero-order chi connectivity index (χ0) is 10.6. The van der Waals surface area contributed by atoms with Gasteiger partial charge in [-0.15, -0.1) is 0 Å². The molecular weight excluding hydrogens is 182 g/mol. The average Bonchev–Trinajstić information content (AvgIpc) is 2.65. The minimum Gasteiger partial charge on any atom is -0.370 e. The van der Waals surface area contributed by atoms with Crippen molar-refractivity contribution in [3.05, 3.63) is 0 Å². The van der Waals surface area contributed by atoms with E-state index >= 15 is 0 Å². The van der Waals surface area contributed by atoms with Crippen molar-refractivity contribution < 1.29 is 9.59 Å². The molecule has 4 N–H and O–H groups in total. The van der Waals surface area contributed by atoms with Gasteiger partial charge < -0.3 is 16.4 Å². The average molecular weight is 199 g/mol. The van der Waals surface area contributed by atoms with Crippen molar-refractivity contribution in [2.75, 3.05) is 13.1 Å². The van der Waals surface area contributed by atoms with Gasteiger partial charge in [-0.05, 0) is 19.3 Å². The molecule has 1 atom stereocenters. The van der Waals surface area contributed by atoms with Crippen molar-refractivity contribution in [1.82, 2.24) is 4.90 Å². The molecule has 0 unspecified atom stereocenters. The molecule has 0 aromatic carbocycles. The summed E-state index contributed by atoms with van der Waals surface area (Å²) >= 11 is 0. The summed E-state index contributed by atoms with van der Waals surface area (Å²) in [6.45, 7) is 1.59. The Balaban J connectivity index is 2.31. The third-order valence-corrected chi connectivity index (χ3v) is 2.44. The van der Waals surface area contributed by atoms with E-state index in [0.717, 1.165) is 25.9 Å². The number of hydrogen-bond acceptors (Lipinski definition) is 3. The molecule has 14 heavy (non-hydrogen) atoms. The third kappa shape index (κ3) is 2.99. The first-order valence-electron chi connectivity index (χ1n) is 4.94. The van der Waals surface area contributed by atoms with Crippen LogP contribution < -0.4 is 11.5 Å². The molecule has 1 saturated heterocycles. The minimum absolute atomic E-state index is 0.0521. The molecule has 5 heteroatoms. The maximum atomic E-state index is 11.6. The molecule has 0 aromatic heterocycles. The van der Waals surface area contributed by atoms with Gasteiger partial charge >= 0.3 is 0 Å². The summed E-state index contributed by atoms with van der Waals surface area (Å²) in [5.74, 6) is -0.460. The van der Waals surface area contributed by atoms with Crippen LogP contribution in [0.25, 0.3) is 0 Å². The van der Waals surface area contributed by atoms with Gasteiger partial charge in [0.2, 0.25) is 11.8 Å². The van der Waals surface area contributed by atoms with Crippen LogP contribution in [0.2, 0.25) is 0 Å². The Morgan fingerprint density at radius 1 is 1.29 bits per heavy atom. The number of nitrogens with zero attached hydrogens (tertiary/aromatic N) is 1. The maximum absolute atomic E-state index is 11.6. The SMILES string of the molecule is NC(=O)CC[C@@H](N)C(=O)N1CCCC1. The first-order chi connectivity index (χ1) is 6.61. The number of hydrogen-bond donors (Lipinski definition) is 2. The molecule has 1 rings (SSSR count). The van der Waals surface area contributed by atoms with Gasteiger partial charge in [0.15, 0.2) is 0 Å². The molecular formula is C9H17N3O2. The molecule has 5 nitrogen and oxygen atoms in total. The molecule has 0 saturated carbocycles. The van der Waals surface area contributed by atoms with E-state index in [9.17, 15) is 9.59 Å². The van der Waals surface area contributed by atoms with Gasteiger partial charge in [-0.2, -0.15) is 0 Å².